The first-order valence-electron chi connectivity index (χ1n) is 17.1. The van der Waals surface area contributed by atoms with E-state index < -0.39 is 32.5 Å². The summed E-state index contributed by atoms with van der Waals surface area (Å²) in [6.45, 7) is 3.60. The van der Waals surface area contributed by atoms with E-state index >= 15 is 0 Å². The number of esters is 2. The number of phosphoric ester groups is 1. The number of hydrogen-bond donors (Lipinski definition) is 2. The molecule has 0 heterocycles. The molecule has 0 aliphatic heterocycles. The van der Waals surface area contributed by atoms with Crippen molar-refractivity contribution in [2.45, 2.75) is 168 Å². The normalized spacial score (nSPS) is 12.7. The Bertz CT molecular complexity index is 761. The number of phosphoric acid groups is 1. The van der Waals surface area contributed by atoms with E-state index in [1.54, 1.807) is 0 Å². The van der Waals surface area contributed by atoms with Gasteiger partial charge in [-0.2, -0.15) is 0 Å². The zero-order valence-corrected chi connectivity index (χ0v) is 28.2. The van der Waals surface area contributed by atoms with Gasteiger partial charge in [0.05, 0.1) is 6.61 Å². The molecule has 43 heavy (non-hydrogen) atoms. The third kappa shape index (κ3) is 33.3. The fourth-order valence-electron chi connectivity index (χ4n) is 4.58. The van der Waals surface area contributed by atoms with Crippen LogP contribution in [-0.4, -0.2) is 41.0 Å². The summed E-state index contributed by atoms with van der Waals surface area (Å²) in [4.78, 5) is 42.5. The van der Waals surface area contributed by atoms with Crippen LogP contribution >= 0.6 is 7.82 Å². The van der Waals surface area contributed by atoms with Crippen molar-refractivity contribution in [1.29, 1.82) is 0 Å². The summed E-state index contributed by atoms with van der Waals surface area (Å²) in [5.74, 6) is -0.907. The fourth-order valence-corrected chi connectivity index (χ4v) is 4.94. The van der Waals surface area contributed by atoms with Gasteiger partial charge < -0.3 is 19.3 Å². The number of carbonyl (C=O) groups excluding carboxylic acids is 2. The van der Waals surface area contributed by atoms with E-state index in [0.717, 1.165) is 70.6 Å². The van der Waals surface area contributed by atoms with Crippen LogP contribution in [0, 0.1) is 0 Å². The molecule has 0 aromatic rings. The molecular weight excluding hydrogens is 567 g/mol. The molecule has 0 aromatic carbocycles. The molecule has 252 valence electrons. The maximum absolute atomic E-state index is 12.3. The van der Waals surface area contributed by atoms with E-state index in [1.165, 1.54) is 51.4 Å². The molecule has 0 unspecified atom stereocenters. The van der Waals surface area contributed by atoms with Crippen LogP contribution in [0.5, 0.6) is 0 Å². The van der Waals surface area contributed by atoms with Gasteiger partial charge in [0.25, 0.3) is 0 Å². The van der Waals surface area contributed by atoms with Gasteiger partial charge in [0.1, 0.15) is 6.61 Å². The summed E-state index contributed by atoms with van der Waals surface area (Å²) in [5, 5.41) is 0. The Morgan fingerprint density at radius 3 is 1.49 bits per heavy atom. The van der Waals surface area contributed by atoms with Gasteiger partial charge >= 0.3 is 19.8 Å². The lowest BCUT2D eigenvalue weighted by molar-refractivity contribution is -0.161. The van der Waals surface area contributed by atoms with E-state index in [9.17, 15) is 14.2 Å². The molecule has 0 radical (unpaired) electrons. The standard InChI is InChI=1S/C34H63O8P/c1-3-5-7-9-11-13-15-16-17-19-20-22-24-26-28-33(35)40-30-32(31-41-43(37,38)39)42-34(36)29-27-25-23-21-18-14-12-10-8-6-4-2/h10,12,15-16,32H,3-9,11,13-14,17-31H2,1-2H3,(H2,37,38,39)/b12-10+,16-15+/t32-/m1/s1. The van der Waals surface area contributed by atoms with Gasteiger partial charge in [-0.25, -0.2) is 4.57 Å². The monoisotopic (exact) mass is 630 g/mol. The third-order valence-electron chi connectivity index (χ3n) is 7.19. The average Bonchev–Trinajstić information content (AvgIpc) is 2.97. The smallest absolute Gasteiger partial charge is 0.462 e. The number of rotatable bonds is 31. The minimum atomic E-state index is -4.74. The third-order valence-corrected chi connectivity index (χ3v) is 7.68. The predicted molar refractivity (Wildman–Crippen MR) is 175 cm³/mol. The largest absolute Gasteiger partial charge is 0.469 e. The molecule has 0 aromatic heterocycles. The van der Waals surface area contributed by atoms with E-state index in [0.29, 0.717) is 12.8 Å². The van der Waals surface area contributed by atoms with E-state index in [1.807, 2.05) is 0 Å². The molecule has 0 saturated heterocycles. The second-order valence-electron chi connectivity index (χ2n) is 11.5. The zero-order valence-electron chi connectivity index (χ0n) is 27.4. The molecule has 0 amide bonds. The van der Waals surface area contributed by atoms with E-state index in [2.05, 4.69) is 42.7 Å². The number of carbonyl (C=O) groups is 2. The predicted octanol–water partition coefficient (Wildman–Crippen LogP) is 9.68. The van der Waals surface area contributed by atoms with Crippen LogP contribution in [0.15, 0.2) is 24.3 Å². The molecule has 0 bridgehead atoms. The van der Waals surface area contributed by atoms with Crippen molar-refractivity contribution in [1.82, 2.24) is 0 Å². The zero-order chi connectivity index (χ0) is 31.9. The van der Waals surface area contributed by atoms with Gasteiger partial charge in [-0.3, -0.25) is 14.1 Å². The lowest BCUT2D eigenvalue weighted by atomic mass is 10.1. The molecule has 9 heteroatoms. The second kappa shape index (κ2) is 30.6. The number of allylic oxidation sites excluding steroid dienone is 4. The molecule has 8 nitrogen and oxygen atoms in total. The highest BCUT2D eigenvalue weighted by molar-refractivity contribution is 7.46. The number of ether oxygens (including phenoxy) is 2. The Labute approximate surface area is 262 Å². The maximum atomic E-state index is 12.3. The summed E-state index contributed by atoms with van der Waals surface area (Å²) in [6, 6.07) is 0. The van der Waals surface area contributed by atoms with Crippen LogP contribution in [-0.2, 0) is 28.2 Å². The molecule has 0 rings (SSSR count). The van der Waals surface area contributed by atoms with Gasteiger partial charge in [-0.1, -0.05) is 115 Å². The Hall–Kier alpha value is -1.47. The molecule has 0 spiro atoms. The first-order valence-corrected chi connectivity index (χ1v) is 18.7. The lowest BCUT2D eigenvalue weighted by Gasteiger charge is -2.18. The molecule has 0 saturated carbocycles. The molecule has 1 atom stereocenters. The number of hydrogen-bond acceptors (Lipinski definition) is 6. The first-order chi connectivity index (χ1) is 20.8. The highest BCUT2D eigenvalue weighted by Gasteiger charge is 2.22. The lowest BCUT2D eigenvalue weighted by Crippen LogP contribution is -2.29. The first kappa shape index (κ1) is 41.5. The van der Waals surface area contributed by atoms with Gasteiger partial charge in [0, 0.05) is 12.8 Å². The summed E-state index contributed by atoms with van der Waals surface area (Å²) in [6.07, 6.45) is 31.9. The summed E-state index contributed by atoms with van der Waals surface area (Å²) in [7, 11) is -4.74. The van der Waals surface area contributed by atoms with Crippen molar-refractivity contribution in [3.63, 3.8) is 0 Å². The topological polar surface area (TPSA) is 119 Å². The second-order valence-corrected chi connectivity index (χ2v) is 12.7. The summed E-state index contributed by atoms with van der Waals surface area (Å²) in [5.41, 5.74) is 0. The van der Waals surface area contributed by atoms with Crippen molar-refractivity contribution in [2.24, 2.45) is 0 Å². The fraction of sp³-hybridized carbons (Fsp3) is 0.824. The minimum Gasteiger partial charge on any atom is -0.462 e. The van der Waals surface area contributed by atoms with Gasteiger partial charge in [-0.15, -0.1) is 0 Å². The van der Waals surface area contributed by atoms with Crippen LogP contribution in [0.1, 0.15) is 162 Å². The molecule has 0 fully saturated rings. The van der Waals surface area contributed by atoms with E-state index in [-0.39, 0.29) is 19.4 Å². The Morgan fingerprint density at radius 1 is 0.581 bits per heavy atom. The molecule has 0 aliphatic carbocycles. The SMILES string of the molecule is CCCC/C=C/CCCCCCCC(=O)O[C@H](COC(=O)CCCCCCC/C=C/CCCCCCC)COP(=O)(O)O. The van der Waals surface area contributed by atoms with E-state index in [4.69, 9.17) is 19.3 Å². The summed E-state index contributed by atoms with van der Waals surface area (Å²) < 4.78 is 26.2. The van der Waals surface area contributed by atoms with Crippen LogP contribution in [0.25, 0.3) is 0 Å². The van der Waals surface area contributed by atoms with Gasteiger partial charge in [0.2, 0.25) is 0 Å². The highest BCUT2D eigenvalue weighted by Crippen LogP contribution is 2.35. The molecular formula is C34H63O8P. The maximum Gasteiger partial charge on any atom is 0.469 e. The Morgan fingerprint density at radius 2 is 1.00 bits per heavy atom. The van der Waals surface area contributed by atoms with Crippen LogP contribution < -0.4 is 0 Å². The van der Waals surface area contributed by atoms with Crippen molar-refractivity contribution in [3.8, 4) is 0 Å². The van der Waals surface area contributed by atoms with Crippen LogP contribution in [0.2, 0.25) is 0 Å². The quantitative estimate of drug-likeness (QED) is 0.0336. The Balaban J connectivity index is 4.02. The van der Waals surface area contributed by atoms with Crippen molar-refractivity contribution >= 4 is 19.8 Å². The van der Waals surface area contributed by atoms with Crippen molar-refractivity contribution < 1.29 is 37.9 Å². The highest BCUT2D eigenvalue weighted by atomic mass is 31.2. The van der Waals surface area contributed by atoms with Crippen molar-refractivity contribution in [3.05, 3.63) is 24.3 Å². The number of unbranched alkanes of at least 4 members (excludes halogenated alkanes) is 17. The van der Waals surface area contributed by atoms with Gasteiger partial charge in [-0.05, 0) is 57.8 Å². The minimum absolute atomic E-state index is 0.201. The van der Waals surface area contributed by atoms with Crippen molar-refractivity contribution in [2.75, 3.05) is 13.2 Å². The Kier molecular flexibility index (Phi) is 29.5. The van der Waals surface area contributed by atoms with Crippen LogP contribution in [0.4, 0.5) is 0 Å². The van der Waals surface area contributed by atoms with Gasteiger partial charge in [0.15, 0.2) is 6.10 Å². The summed E-state index contributed by atoms with van der Waals surface area (Å²) >= 11 is 0. The molecule has 0 aliphatic rings. The van der Waals surface area contributed by atoms with Crippen LogP contribution in [0.3, 0.4) is 0 Å². The average molecular weight is 631 g/mol. The molecule has 2 N–H and O–H groups in total.